The molecule has 0 aliphatic rings. The molecule has 3 N–H and O–H groups in total. The molecular formula is C10H16N4O5S. The van der Waals surface area contributed by atoms with E-state index in [4.69, 9.17) is 5.11 Å². The number of sulfone groups is 1. The molecule has 112 valence electrons. The minimum Gasteiger partial charge on any atom is -0.480 e. The maximum atomic E-state index is 11.6. The minimum absolute atomic E-state index is 0.168. The monoisotopic (exact) mass is 304 g/mol. The van der Waals surface area contributed by atoms with E-state index in [9.17, 15) is 18.0 Å². The van der Waals surface area contributed by atoms with Crippen molar-refractivity contribution in [3.05, 3.63) is 12.4 Å². The summed E-state index contributed by atoms with van der Waals surface area (Å²) in [4.78, 5) is 22.0. The second kappa shape index (κ2) is 6.37. The molecule has 0 radical (unpaired) electrons. The number of nitrogens with one attached hydrogen (secondary N) is 2. The SMILES string of the molecule is CC(CS(C)(=O)=O)NC(=O)Nc1cnn(CC(=O)O)c1. The fraction of sp³-hybridized carbons (Fsp3) is 0.500. The van der Waals surface area contributed by atoms with Crippen LogP contribution in [0.5, 0.6) is 0 Å². The molecule has 1 unspecified atom stereocenters. The summed E-state index contributed by atoms with van der Waals surface area (Å²) in [6.45, 7) is 1.25. The van der Waals surface area contributed by atoms with Crippen molar-refractivity contribution in [3.63, 3.8) is 0 Å². The number of aliphatic carboxylic acids is 1. The van der Waals surface area contributed by atoms with Gasteiger partial charge < -0.3 is 15.7 Å². The molecule has 10 heteroatoms. The van der Waals surface area contributed by atoms with E-state index in [1.54, 1.807) is 6.92 Å². The highest BCUT2D eigenvalue weighted by Crippen LogP contribution is 2.04. The molecule has 0 aromatic carbocycles. The van der Waals surface area contributed by atoms with Crippen LogP contribution in [0.4, 0.5) is 10.5 Å². The number of anilines is 1. The first-order valence-electron chi connectivity index (χ1n) is 5.65. The van der Waals surface area contributed by atoms with Crippen LogP contribution in [0.15, 0.2) is 12.4 Å². The van der Waals surface area contributed by atoms with Crippen molar-refractivity contribution < 1.29 is 23.1 Å². The van der Waals surface area contributed by atoms with Gasteiger partial charge in [0.15, 0.2) is 0 Å². The number of hydrogen-bond donors (Lipinski definition) is 3. The minimum atomic E-state index is -3.18. The zero-order chi connectivity index (χ0) is 15.3. The van der Waals surface area contributed by atoms with Gasteiger partial charge in [-0.15, -0.1) is 0 Å². The van der Waals surface area contributed by atoms with Gasteiger partial charge in [0.1, 0.15) is 16.4 Å². The van der Waals surface area contributed by atoms with E-state index < -0.39 is 27.9 Å². The van der Waals surface area contributed by atoms with Crippen LogP contribution in [0, 0.1) is 0 Å². The van der Waals surface area contributed by atoms with Gasteiger partial charge >= 0.3 is 12.0 Å². The van der Waals surface area contributed by atoms with Crippen molar-refractivity contribution in [2.45, 2.75) is 19.5 Å². The normalized spacial score (nSPS) is 12.7. The van der Waals surface area contributed by atoms with Gasteiger partial charge in [0, 0.05) is 18.5 Å². The van der Waals surface area contributed by atoms with Crippen LogP contribution in [0.25, 0.3) is 0 Å². The summed E-state index contributed by atoms with van der Waals surface area (Å²) in [6.07, 6.45) is 3.73. The van der Waals surface area contributed by atoms with E-state index >= 15 is 0 Å². The quantitative estimate of drug-likeness (QED) is 0.651. The summed E-state index contributed by atoms with van der Waals surface area (Å²) in [5.74, 6) is -1.22. The zero-order valence-corrected chi connectivity index (χ0v) is 11.8. The van der Waals surface area contributed by atoms with Crippen molar-refractivity contribution in [2.24, 2.45) is 0 Å². The van der Waals surface area contributed by atoms with Crippen molar-refractivity contribution in [1.29, 1.82) is 0 Å². The highest BCUT2D eigenvalue weighted by Gasteiger charge is 2.13. The number of carbonyl (C=O) groups is 2. The van der Waals surface area contributed by atoms with Gasteiger partial charge in [-0.1, -0.05) is 0 Å². The topological polar surface area (TPSA) is 130 Å². The Morgan fingerprint density at radius 1 is 1.50 bits per heavy atom. The summed E-state index contributed by atoms with van der Waals surface area (Å²) in [5.41, 5.74) is 0.315. The Bertz CT molecular complexity index is 595. The number of hydrogen-bond acceptors (Lipinski definition) is 5. The van der Waals surface area contributed by atoms with Crippen LogP contribution in [0.3, 0.4) is 0 Å². The Labute approximate surface area is 115 Å². The van der Waals surface area contributed by atoms with Gasteiger partial charge in [0.2, 0.25) is 0 Å². The molecule has 1 atom stereocenters. The number of urea groups is 1. The van der Waals surface area contributed by atoms with Crippen LogP contribution >= 0.6 is 0 Å². The maximum absolute atomic E-state index is 11.6. The lowest BCUT2D eigenvalue weighted by Crippen LogP contribution is -2.39. The highest BCUT2D eigenvalue weighted by molar-refractivity contribution is 7.90. The van der Waals surface area contributed by atoms with Crippen LogP contribution < -0.4 is 10.6 Å². The van der Waals surface area contributed by atoms with Gasteiger partial charge in [-0.2, -0.15) is 5.10 Å². The molecule has 0 fully saturated rings. The van der Waals surface area contributed by atoms with E-state index in [0.29, 0.717) is 5.69 Å². The van der Waals surface area contributed by atoms with Crippen LogP contribution in [-0.2, 0) is 21.2 Å². The largest absolute Gasteiger partial charge is 0.480 e. The maximum Gasteiger partial charge on any atom is 0.325 e. The summed E-state index contributed by atoms with van der Waals surface area (Å²) in [5, 5.41) is 17.2. The summed E-state index contributed by atoms with van der Waals surface area (Å²) in [6, 6.07) is -1.13. The molecule has 1 aromatic heterocycles. The van der Waals surface area contributed by atoms with Gasteiger partial charge in [-0.25, -0.2) is 13.2 Å². The van der Waals surface area contributed by atoms with Crippen molar-refractivity contribution in [3.8, 4) is 0 Å². The molecule has 20 heavy (non-hydrogen) atoms. The second-order valence-corrected chi connectivity index (χ2v) is 6.60. The fourth-order valence-corrected chi connectivity index (χ4v) is 2.53. The lowest BCUT2D eigenvalue weighted by Gasteiger charge is -2.12. The third-order valence-corrected chi connectivity index (χ3v) is 3.22. The lowest BCUT2D eigenvalue weighted by molar-refractivity contribution is -0.137. The lowest BCUT2D eigenvalue weighted by atomic mass is 10.4. The van der Waals surface area contributed by atoms with E-state index in [0.717, 1.165) is 10.9 Å². The zero-order valence-electron chi connectivity index (χ0n) is 11.0. The number of nitrogens with zero attached hydrogens (tertiary/aromatic N) is 2. The molecule has 2 amide bonds. The van der Waals surface area contributed by atoms with E-state index in [2.05, 4.69) is 15.7 Å². The first-order valence-corrected chi connectivity index (χ1v) is 7.71. The first-order chi connectivity index (χ1) is 9.15. The fourth-order valence-electron chi connectivity index (χ4n) is 1.54. The number of carbonyl (C=O) groups excluding carboxylic acids is 1. The molecule has 9 nitrogen and oxygen atoms in total. The second-order valence-electron chi connectivity index (χ2n) is 4.41. The number of amides is 2. The van der Waals surface area contributed by atoms with Crippen LogP contribution in [0.1, 0.15) is 6.92 Å². The summed E-state index contributed by atoms with van der Waals surface area (Å²) >= 11 is 0. The van der Waals surface area contributed by atoms with E-state index in [1.807, 2.05) is 0 Å². The van der Waals surface area contributed by atoms with Gasteiger partial charge in [-0.05, 0) is 6.92 Å². The van der Waals surface area contributed by atoms with Crippen molar-refractivity contribution in [2.75, 3.05) is 17.3 Å². The third-order valence-electron chi connectivity index (χ3n) is 2.12. The smallest absolute Gasteiger partial charge is 0.325 e. The Balaban J connectivity index is 2.50. The number of aromatic nitrogens is 2. The standard InChI is InChI=1S/C10H16N4O5S/c1-7(6-20(2,18)19)12-10(17)13-8-3-11-14(4-8)5-9(15)16/h3-4,7H,5-6H2,1-2H3,(H,15,16)(H2,12,13,17). The van der Waals surface area contributed by atoms with E-state index in [-0.39, 0.29) is 12.3 Å². The molecule has 0 bridgehead atoms. The van der Waals surface area contributed by atoms with Gasteiger partial charge in [-0.3, -0.25) is 9.48 Å². The molecule has 0 spiro atoms. The first kappa shape index (κ1) is 16.0. The molecular weight excluding hydrogens is 288 g/mol. The summed E-state index contributed by atoms with van der Waals surface area (Å²) < 4.78 is 23.2. The van der Waals surface area contributed by atoms with Crippen LogP contribution in [-0.4, -0.2) is 53.4 Å². The predicted molar refractivity (Wildman–Crippen MR) is 71.2 cm³/mol. The number of carboxylic acid groups (broad SMARTS) is 1. The van der Waals surface area contributed by atoms with Gasteiger partial charge in [0.25, 0.3) is 0 Å². The van der Waals surface area contributed by atoms with Crippen molar-refractivity contribution >= 4 is 27.5 Å². The number of rotatable bonds is 6. The molecule has 0 aliphatic carbocycles. The van der Waals surface area contributed by atoms with Crippen molar-refractivity contribution in [1.82, 2.24) is 15.1 Å². The number of carboxylic acids is 1. The Hall–Kier alpha value is -2.10. The molecule has 0 aliphatic heterocycles. The molecule has 1 rings (SSSR count). The van der Waals surface area contributed by atoms with Gasteiger partial charge in [0.05, 0.1) is 17.6 Å². The molecule has 1 aromatic rings. The average molecular weight is 304 g/mol. The van der Waals surface area contributed by atoms with E-state index in [1.165, 1.54) is 12.4 Å². The molecule has 0 saturated carbocycles. The molecule has 0 saturated heterocycles. The Morgan fingerprint density at radius 3 is 2.70 bits per heavy atom. The Morgan fingerprint density at radius 2 is 2.15 bits per heavy atom. The summed E-state index contributed by atoms with van der Waals surface area (Å²) in [7, 11) is -3.18. The molecule has 1 heterocycles. The highest BCUT2D eigenvalue weighted by atomic mass is 32.2. The average Bonchev–Trinajstić information content (AvgIpc) is 2.60. The predicted octanol–water partition coefficient (Wildman–Crippen LogP) is -0.478. The van der Waals surface area contributed by atoms with Crippen LogP contribution in [0.2, 0.25) is 0 Å². The Kier molecular flexibility index (Phi) is 5.08. The third kappa shape index (κ3) is 6.18.